The van der Waals surface area contributed by atoms with Crippen molar-refractivity contribution in [2.75, 3.05) is 13.1 Å². The number of aromatic nitrogens is 1. The van der Waals surface area contributed by atoms with E-state index in [1.54, 1.807) is 0 Å². The van der Waals surface area contributed by atoms with Crippen molar-refractivity contribution in [2.24, 2.45) is 0 Å². The molecule has 0 atom stereocenters. The highest BCUT2D eigenvalue weighted by atomic mass is 16.2. The number of nitrogens with one attached hydrogen (secondary N) is 2. The third kappa shape index (κ3) is 3.93. The van der Waals surface area contributed by atoms with Gasteiger partial charge in [0.05, 0.1) is 6.04 Å². The molecule has 5 rings (SSSR count). The van der Waals surface area contributed by atoms with Crippen molar-refractivity contribution in [1.29, 1.82) is 0 Å². The number of carbonyl (C=O) groups is 1. The Bertz CT molecular complexity index is 1160. The zero-order chi connectivity index (χ0) is 21.2. The van der Waals surface area contributed by atoms with Crippen molar-refractivity contribution < 1.29 is 4.79 Å². The van der Waals surface area contributed by atoms with Gasteiger partial charge in [0.15, 0.2) is 0 Å². The van der Waals surface area contributed by atoms with Gasteiger partial charge in [-0.2, -0.15) is 0 Å². The van der Waals surface area contributed by atoms with Crippen LogP contribution < -0.4 is 5.32 Å². The molecule has 0 unspecified atom stereocenters. The molecule has 0 spiro atoms. The van der Waals surface area contributed by atoms with E-state index in [9.17, 15) is 4.79 Å². The first-order valence-electron chi connectivity index (χ1n) is 10.9. The standard InChI is InChI=1S/C27H27N3O/c1-19-12-13-24-23(18-19)22-14-16-30(17-15-25(22)28-24)27(31)29-26(20-8-4-2-5-9-20)21-10-6-3-7-11-21/h2-13,18,26,28H,14-17H2,1H3,(H,29,31). The molecular formula is C27H27N3O. The molecule has 31 heavy (non-hydrogen) atoms. The van der Waals surface area contributed by atoms with Crippen LogP contribution in [-0.2, 0) is 12.8 Å². The molecule has 1 aromatic heterocycles. The smallest absolute Gasteiger partial charge is 0.318 e. The molecule has 1 aliphatic heterocycles. The van der Waals surface area contributed by atoms with Gasteiger partial charge in [-0.25, -0.2) is 4.79 Å². The quantitative estimate of drug-likeness (QED) is 0.469. The summed E-state index contributed by atoms with van der Waals surface area (Å²) in [5, 5.41) is 4.58. The zero-order valence-electron chi connectivity index (χ0n) is 17.8. The van der Waals surface area contributed by atoms with Gasteiger partial charge in [0.2, 0.25) is 0 Å². The second kappa shape index (κ2) is 8.31. The first-order chi connectivity index (χ1) is 15.2. The molecule has 0 aliphatic carbocycles. The Morgan fingerprint density at radius 1 is 0.903 bits per heavy atom. The Kier molecular flexibility index (Phi) is 5.21. The molecule has 0 fully saturated rings. The van der Waals surface area contributed by atoms with Crippen LogP contribution in [0.5, 0.6) is 0 Å². The number of aromatic amines is 1. The molecule has 0 radical (unpaired) electrons. The lowest BCUT2D eigenvalue weighted by atomic mass is 9.99. The molecule has 3 aromatic carbocycles. The maximum atomic E-state index is 13.3. The fraction of sp³-hybridized carbons (Fsp3) is 0.222. The Morgan fingerprint density at radius 2 is 1.55 bits per heavy atom. The highest BCUT2D eigenvalue weighted by molar-refractivity contribution is 5.85. The summed E-state index contributed by atoms with van der Waals surface area (Å²) in [6.07, 6.45) is 1.71. The van der Waals surface area contributed by atoms with Crippen LogP contribution in [0.1, 0.15) is 34.0 Å². The Labute approximate surface area is 182 Å². The number of aryl methyl sites for hydroxylation is 1. The number of amides is 2. The van der Waals surface area contributed by atoms with E-state index in [1.165, 1.54) is 27.7 Å². The third-order valence-corrected chi connectivity index (χ3v) is 6.23. The van der Waals surface area contributed by atoms with Gasteiger partial charge in [-0.3, -0.25) is 0 Å². The van der Waals surface area contributed by atoms with Gasteiger partial charge in [-0.05, 0) is 42.2 Å². The predicted octanol–water partition coefficient (Wildman–Crippen LogP) is 5.38. The zero-order valence-corrected chi connectivity index (χ0v) is 17.8. The molecular weight excluding hydrogens is 382 g/mol. The normalized spacial score (nSPS) is 13.8. The largest absolute Gasteiger partial charge is 0.358 e. The number of fused-ring (bicyclic) bond motifs is 3. The fourth-order valence-corrected chi connectivity index (χ4v) is 4.59. The van der Waals surface area contributed by atoms with Crippen molar-refractivity contribution >= 4 is 16.9 Å². The maximum absolute atomic E-state index is 13.3. The fourth-order valence-electron chi connectivity index (χ4n) is 4.59. The van der Waals surface area contributed by atoms with E-state index >= 15 is 0 Å². The van der Waals surface area contributed by atoms with Gasteiger partial charge in [-0.1, -0.05) is 72.3 Å². The maximum Gasteiger partial charge on any atom is 0.318 e. The SMILES string of the molecule is Cc1ccc2[nH]c3c(c2c1)CCN(C(=O)NC(c1ccccc1)c1ccccc1)CC3. The van der Waals surface area contributed by atoms with Crippen LogP contribution in [-0.4, -0.2) is 29.0 Å². The summed E-state index contributed by atoms with van der Waals surface area (Å²) < 4.78 is 0. The summed E-state index contributed by atoms with van der Waals surface area (Å²) >= 11 is 0. The van der Waals surface area contributed by atoms with Crippen LogP contribution in [0, 0.1) is 6.92 Å². The topological polar surface area (TPSA) is 48.1 Å². The minimum atomic E-state index is -0.167. The number of hydrogen-bond donors (Lipinski definition) is 2. The molecule has 2 N–H and O–H groups in total. The molecule has 0 saturated heterocycles. The predicted molar refractivity (Wildman–Crippen MR) is 125 cm³/mol. The Morgan fingerprint density at radius 3 is 2.23 bits per heavy atom. The van der Waals surface area contributed by atoms with Crippen LogP contribution in [0.25, 0.3) is 10.9 Å². The Hall–Kier alpha value is -3.53. The van der Waals surface area contributed by atoms with Gasteiger partial charge in [0.1, 0.15) is 0 Å². The molecule has 4 heteroatoms. The minimum absolute atomic E-state index is 0.0108. The number of nitrogens with zero attached hydrogens (tertiary/aromatic N) is 1. The van der Waals surface area contributed by atoms with Gasteiger partial charge >= 0.3 is 6.03 Å². The highest BCUT2D eigenvalue weighted by Gasteiger charge is 2.24. The minimum Gasteiger partial charge on any atom is -0.358 e. The summed E-state index contributed by atoms with van der Waals surface area (Å²) in [6, 6.07) is 26.7. The van der Waals surface area contributed by atoms with Crippen LogP contribution in [0.15, 0.2) is 78.9 Å². The van der Waals surface area contributed by atoms with Crippen LogP contribution in [0.4, 0.5) is 4.79 Å². The molecule has 156 valence electrons. The van der Waals surface area contributed by atoms with E-state index in [1.807, 2.05) is 41.3 Å². The molecule has 0 bridgehead atoms. The first kappa shape index (κ1) is 19.4. The van der Waals surface area contributed by atoms with E-state index in [0.29, 0.717) is 6.54 Å². The van der Waals surface area contributed by atoms with Gasteiger partial charge in [0, 0.05) is 36.1 Å². The number of urea groups is 1. The van der Waals surface area contributed by atoms with Crippen LogP contribution in [0.3, 0.4) is 0 Å². The lowest BCUT2D eigenvalue weighted by Gasteiger charge is -2.26. The summed E-state index contributed by atoms with van der Waals surface area (Å²) in [5.74, 6) is 0. The number of H-pyrrole nitrogens is 1. The lowest BCUT2D eigenvalue weighted by Crippen LogP contribution is -2.43. The van der Waals surface area contributed by atoms with E-state index in [0.717, 1.165) is 30.5 Å². The number of benzene rings is 3. The van der Waals surface area contributed by atoms with Crippen molar-refractivity contribution in [2.45, 2.75) is 25.8 Å². The van der Waals surface area contributed by atoms with Gasteiger partial charge in [-0.15, -0.1) is 0 Å². The summed E-state index contributed by atoms with van der Waals surface area (Å²) in [7, 11) is 0. The number of rotatable bonds is 3. The average Bonchev–Trinajstić information content (AvgIpc) is 3.00. The third-order valence-electron chi connectivity index (χ3n) is 6.23. The van der Waals surface area contributed by atoms with E-state index in [4.69, 9.17) is 0 Å². The molecule has 4 nitrogen and oxygen atoms in total. The number of hydrogen-bond acceptors (Lipinski definition) is 1. The highest BCUT2D eigenvalue weighted by Crippen LogP contribution is 2.27. The van der Waals surface area contributed by atoms with Crippen molar-refractivity contribution in [3.8, 4) is 0 Å². The van der Waals surface area contributed by atoms with Gasteiger partial charge < -0.3 is 15.2 Å². The molecule has 0 saturated carbocycles. The second-order valence-corrected chi connectivity index (χ2v) is 8.32. The van der Waals surface area contributed by atoms with Crippen molar-refractivity contribution in [3.63, 3.8) is 0 Å². The van der Waals surface area contributed by atoms with E-state index in [2.05, 4.69) is 59.7 Å². The molecule has 2 amide bonds. The molecule has 2 heterocycles. The second-order valence-electron chi connectivity index (χ2n) is 8.32. The monoisotopic (exact) mass is 409 g/mol. The summed E-state index contributed by atoms with van der Waals surface area (Å²) in [4.78, 5) is 18.8. The average molecular weight is 410 g/mol. The first-order valence-corrected chi connectivity index (χ1v) is 10.9. The van der Waals surface area contributed by atoms with Crippen molar-refractivity contribution in [1.82, 2.24) is 15.2 Å². The lowest BCUT2D eigenvalue weighted by molar-refractivity contribution is 0.197. The van der Waals surface area contributed by atoms with Crippen LogP contribution in [0.2, 0.25) is 0 Å². The van der Waals surface area contributed by atoms with Gasteiger partial charge in [0.25, 0.3) is 0 Å². The van der Waals surface area contributed by atoms with E-state index < -0.39 is 0 Å². The van der Waals surface area contributed by atoms with Crippen molar-refractivity contribution in [3.05, 3.63) is 107 Å². The summed E-state index contributed by atoms with van der Waals surface area (Å²) in [6.45, 7) is 3.56. The number of carbonyl (C=O) groups excluding carboxylic acids is 1. The molecule has 1 aliphatic rings. The molecule has 4 aromatic rings. The van der Waals surface area contributed by atoms with Crippen LogP contribution >= 0.6 is 0 Å². The summed E-state index contributed by atoms with van der Waals surface area (Å²) in [5.41, 5.74) is 7.26. The van der Waals surface area contributed by atoms with E-state index in [-0.39, 0.29) is 12.1 Å². The Balaban J connectivity index is 1.36.